The number of halogens is 1. The lowest BCUT2D eigenvalue weighted by atomic mass is 10.2. The number of para-hydroxylation sites is 1. The second-order valence-electron chi connectivity index (χ2n) is 8.38. The normalized spacial score (nSPS) is 14.9. The molecule has 0 atom stereocenters. The van der Waals surface area contributed by atoms with Crippen molar-refractivity contribution in [3.63, 3.8) is 0 Å². The molecule has 7 heteroatoms. The fraction of sp³-hybridized carbons (Fsp3) is 0.308. The van der Waals surface area contributed by atoms with Gasteiger partial charge < -0.3 is 4.90 Å². The molecule has 1 aliphatic heterocycles. The van der Waals surface area contributed by atoms with Gasteiger partial charge >= 0.3 is 0 Å². The highest BCUT2D eigenvalue weighted by molar-refractivity contribution is 7.92. The Morgan fingerprint density at radius 1 is 0.848 bits per heavy atom. The molecule has 0 amide bonds. The van der Waals surface area contributed by atoms with Crippen molar-refractivity contribution in [2.75, 3.05) is 48.5 Å². The minimum absolute atomic E-state index is 0.0967. The molecule has 1 aliphatic rings. The van der Waals surface area contributed by atoms with Gasteiger partial charge in [-0.15, -0.1) is 0 Å². The van der Waals surface area contributed by atoms with Gasteiger partial charge in [0.2, 0.25) is 0 Å². The number of hydrogen-bond acceptors (Lipinski definition) is 4. The molecule has 4 rings (SSSR count). The van der Waals surface area contributed by atoms with Crippen LogP contribution in [0.2, 0.25) is 0 Å². The van der Waals surface area contributed by atoms with Crippen LogP contribution in [0.1, 0.15) is 12.0 Å². The van der Waals surface area contributed by atoms with Crippen LogP contribution in [-0.4, -0.2) is 52.6 Å². The summed E-state index contributed by atoms with van der Waals surface area (Å²) in [6.07, 6.45) is 0.708. The second-order valence-corrected chi connectivity index (χ2v) is 10.2. The van der Waals surface area contributed by atoms with Crippen LogP contribution in [0, 0.1) is 12.7 Å². The number of benzene rings is 3. The van der Waals surface area contributed by atoms with Gasteiger partial charge in [-0.05, 0) is 61.9 Å². The molecule has 0 aliphatic carbocycles. The van der Waals surface area contributed by atoms with Crippen molar-refractivity contribution in [2.45, 2.75) is 18.2 Å². The first kappa shape index (κ1) is 23.3. The number of hydrogen-bond donors (Lipinski definition) is 0. The zero-order valence-corrected chi connectivity index (χ0v) is 19.7. The van der Waals surface area contributed by atoms with Crippen LogP contribution in [0.25, 0.3) is 0 Å². The van der Waals surface area contributed by atoms with E-state index >= 15 is 0 Å². The third-order valence-corrected chi connectivity index (χ3v) is 7.89. The van der Waals surface area contributed by atoms with Crippen LogP contribution in [-0.2, 0) is 10.0 Å². The molecule has 3 aromatic rings. The number of piperazine rings is 1. The van der Waals surface area contributed by atoms with Crippen LogP contribution in [0.3, 0.4) is 0 Å². The predicted molar refractivity (Wildman–Crippen MR) is 132 cm³/mol. The van der Waals surface area contributed by atoms with Crippen molar-refractivity contribution in [1.29, 1.82) is 0 Å². The quantitative estimate of drug-likeness (QED) is 0.488. The molecule has 33 heavy (non-hydrogen) atoms. The Bertz CT molecular complexity index is 1130. The Morgan fingerprint density at radius 3 is 2.12 bits per heavy atom. The van der Waals surface area contributed by atoms with E-state index in [2.05, 4.69) is 41.0 Å². The van der Waals surface area contributed by atoms with E-state index in [-0.39, 0.29) is 4.90 Å². The first-order chi connectivity index (χ1) is 15.9. The summed E-state index contributed by atoms with van der Waals surface area (Å²) < 4.78 is 41.4. The van der Waals surface area contributed by atoms with E-state index in [0.29, 0.717) is 18.7 Å². The third-order valence-electron chi connectivity index (χ3n) is 6.05. The van der Waals surface area contributed by atoms with Crippen molar-refractivity contribution >= 4 is 21.4 Å². The average molecular weight is 468 g/mol. The molecule has 0 bridgehead atoms. The van der Waals surface area contributed by atoms with E-state index in [1.165, 1.54) is 39.8 Å². The van der Waals surface area contributed by atoms with E-state index < -0.39 is 15.8 Å². The summed E-state index contributed by atoms with van der Waals surface area (Å²) in [6, 6.07) is 22.7. The molecule has 0 radical (unpaired) electrons. The summed E-state index contributed by atoms with van der Waals surface area (Å²) in [5.41, 5.74) is 3.13. The monoisotopic (exact) mass is 467 g/mol. The van der Waals surface area contributed by atoms with Gasteiger partial charge in [-0.3, -0.25) is 9.21 Å². The average Bonchev–Trinajstić information content (AvgIpc) is 2.83. The molecule has 0 aromatic heterocycles. The highest BCUT2D eigenvalue weighted by atomic mass is 32.2. The largest absolute Gasteiger partial charge is 0.369 e. The summed E-state index contributed by atoms with van der Waals surface area (Å²) in [7, 11) is -3.78. The Hall–Kier alpha value is -2.90. The molecular weight excluding hydrogens is 437 g/mol. The maximum absolute atomic E-state index is 13.3. The zero-order chi connectivity index (χ0) is 23.3. The van der Waals surface area contributed by atoms with Crippen molar-refractivity contribution < 1.29 is 12.8 Å². The van der Waals surface area contributed by atoms with Crippen molar-refractivity contribution in [1.82, 2.24) is 4.90 Å². The van der Waals surface area contributed by atoms with Gasteiger partial charge in [0.15, 0.2) is 0 Å². The Labute approximate surface area is 196 Å². The lowest BCUT2D eigenvalue weighted by Gasteiger charge is -2.36. The molecule has 0 N–H and O–H groups in total. The summed E-state index contributed by atoms with van der Waals surface area (Å²) >= 11 is 0. The maximum Gasteiger partial charge on any atom is 0.264 e. The van der Waals surface area contributed by atoms with E-state index in [4.69, 9.17) is 0 Å². The van der Waals surface area contributed by atoms with E-state index in [1.807, 2.05) is 18.2 Å². The minimum atomic E-state index is -3.78. The molecule has 0 saturated carbocycles. The smallest absolute Gasteiger partial charge is 0.264 e. The van der Waals surface area contributed by atoms with Gasteiger partial charge in [0, 0.05) is 45.0 Å². The zero-order valence-electron chi connectivity index (χ0n) is 18.9. The highest BCUT2D eigenvalue weighted by Crippen LogP contribution is 2.24. The Kier molecular flexibility index (Phi) is 7.30. The number of anilines is 2. The van der Waals surface area contributed by atoms with Crippen LogP contribution in [0.5, 0.6) is 0 Å². The summed E-state index contributed by atoms with van der Waals surface area (Å²) in [4.78, 5) is 4.88. The molecule has 0 spiro atoms. The number of rotatable bonds is 8. The van der Waals surface area contributed by atoms with Crippen molar-refractivity contribution in [2.24, 2.45) is 0 Å². The van der Waals surface area contributed by atoms with Crippen molar-refractivity contribution in [3.8, 4) is 0 Å². The SMILES string of the molecule is Cc1ccc(N2CCN(CCCN(c3ccccc3)S(=O)(=O)c3ccc(F)cc3)CC2)cc1. The van der Waals surface area contributed by atoms with Gasteiger partial charge in [-0.2, -0.15) is 0 Å². The molecule has 3 aromatic carbocycles. The minimum Gasteiger partial charge on any atom is -0.369 e. The number of nitrogens with zero attached hydrogens (tertiary/aromatic N) is 3. The lowest BCUT2D eigenvalue weighted by molar-refractivity contribution is 0.256. The van der Waals surface area contributed by atoms with Crippen LogP contribution >= 0.6 is 0 Å². The first-order valence-electron chi connectivity index (χ1n) is 11.3. The molecule has 1 heterocycles. The first-order valence-corrected chi connectivity index (χ1v) is 12.7. The summed E-state index contributed by atoms with van der Waals surface area (Å²) in [6.45, 7) is 7.09. The summed E-state index contributed by atoms with van der Waals surface area (Å²) in [5.74, 6) is -0.454. The third kappa shape index (κ3) is 5.72. The van der Waals surface area contributed by atoms with Crippen LogP contribution in [0.15, 0.2) is 83.8 Å². The molecule has 1 saturated heterocycles. The topological polar surface area (TPSA) is 43.9 Å². The van der Waals surface area contributed by atoms with Crippen LogP contribution in [0.4, 0.5) is 15.8 Å². The van der Waals surface area contributed by atoms with E-state index in [0.717, 1.165) is 32.7 Å². The van der Waals surface area contributed by atoms with Gasteiger partial charge in [-0.25, -0.2) is 12.8 Å². The van der Waals surface area contributed by atoms with Crippen molar-refractivity contribution in [3.05, 3.63) is 90.2 Å². The molecule has 5 nitrogen and oxygen atoms in total. The Morgan fingerprint density at radius 2 is 1.48 bits per heavy atom. The second kappa shape index (κ2) is 10.4. The fourth-order valence-corrected chi connectivity index (χ4v) is 5.64. The van der Waals surface area contributed by atoms with Crippen LogP contribution < -0.4 is 9.21 Å². The van der Waals surface area contributed by atoms with Gasteiger partial charge in [0.25, 0.3) is 10.0 Å². The molecule has 0 unspecified atom stereocenters. The van der Waals surface area contributed by atoms with E-state index in [1.54, 1.807) is 12.1 Å². The maximum atomic E-state index is 13.3. The molecule has 1 fully saturated rings. The summed E-state index contributed by atoms with van der Waals surface area (Å²) in [5, 5.41) is 0. The molecular formula is C26H30FN3O2S. The lowest BCUT2D eigenvalue weighted by Crippen LogP contribution is -2.47. The van der Waals surface area contributed by atoms with Gasteiger partial charge in [-0.1, -0.05) is 35.9 Å². The van der Waals surface area contributed by atoms with Gasteiger partial charge in [0.05, 0.1) is 10.6 Å². The molecule has 174 valence electrons. The fourth-order valence-electron chi connectivity index (χ4n) is 4.14. The van der Waals surface area contributed by atoms with E-state index in [9.17, 15) is 12.8 Å². The Balaban J connectivity index is 1.38. The number of aryl methyl sites for hydroxylation is 1. The number of sulfonamides is 1. The van der Waals surface area contributed by atoms with Gasteiger partial charge in [0.1, 0.15) is 5.82 Å². The predicted octanol–water partition coefficient (Wildman–Crippen LogP) is 4.54. The standard InChI is InChI=1S/C26H30FN3O2S/c1-22-8-12-24(13-9-22)29-20-18-28(19-21-29)16-5-17-30(25-6-3-2-4-7-25)33(31,32)26-14-10-23(27)11-15-26/h2-4,6-15H,5,16-21H2,1H3. The highest BCUT2D eigenvalue weighted by Gasteiger charge is 2.25.